The van der Waals surface area contributed by atoms with E-state index in [4.69, 9.17) is 10.5 Å². The van der Waals surface area contributed by atoms with Crippen molar-refractivity contribution in [3.8, 4) is 0 Å². The first kappa shape index (κ1) is 27.1. The van der Waals surface area contributed by atoms with Gasteiger partial charge in [0.15, 0.2) is 11.2 Å². The minimum Gasteiger partial charge on any atom is -0.448 e. The number of esters is 1. The molecule has 2 aliphatic heterocycles. The van der Waals surface area contributed by atoms with Crippen LogP contribution >= 0.6 is 34.9 Å². The third-order valence-electron chi connectivity index (χ3n) is 6.39. The molecule has 1 saturated heterocycles. The molecule has 0 radical (unpaired) electrons. The van der Waals surface area contributed by atoms with Crippen molar-refractivity contribution >= 4 is 57.8 Å². The number of thioether (sulfide) groups is 2. The molecule has 0 aliphatic carbocycles. The van der Waals surface area contributed by atoms with Crippen LogP contribution in [0.15, 0.2) is 88.1 Å². The monoisotopic (exact) mass is 605 g/mol. The van der Waals surface area contributed by atoms with Crippen LogP contribution < -0.4 is 11.1 Å². The number of H-pyrrole nitrogens is 1. The molecule has 11 nitrogen and oxygen atoms in total. The molecule has 0 unspecified atom stereocenters. The standard InChI is InChI=1S/C27H23N7O4S3/c28-26-31-17(12-40-26)11-19(35)32-20-23(36)34-21(18(13-39-24(20)34)41-27-29-14-30-33-27)25(37)38-22(15-7-3-1-4-8-15)16-9-5-2-6-10-16/h1-10,12,14,20,22,24H,11,13H2,(H2,28,31)(H,32,35)(H,29,30,33)/t20-,24+/m1/s1. The summed E-state index contributed by atoms with van der Waals surface area (Å²) < 4.78 is 6.14. The van der Waals surface area contributed by atoms with E-state index < -0.39 is 29.4 Å². The van der Waals surface area contributed by atoms with Gasteiger partial charge in [-0.3, -0.25) is 19.6 Å². The molecule has 208 valence electrons. The molecule has 1 fully saturated rings. The minimum atomic E-state index is -0.791. The van der Waals surface area contributed by atoms with E-state index in [1.165, 1.54) is 46.1 Å². The van der Waals surface area contributed by atoms with Crippen molar-refractivity contribution in [1.82, 2.24) is 30.4 Å². The molecule has 14 heteroatoms. The zero-order valence-corrected chi connectivity index (χ0v) is 23.7. The molecule has 0 spiro atoms. The fraction of sp³-hybridized carbons (Fsp3) is 0.185. The highest BCUT2D eigenvalue weighted by atomic mass is 32.2. The molecule has 0 bridgehead atoms. The number of β-lactam (4-membered cyclic amide) rings is 1. The maximum Gasteiger partial charge on any atom is 0.356 e. The molecule has 2 aromatic heterocycles. The highest BCUT2D eigenvalue weighted by Gasteiger charge is 2.55. The number of aromatic amines is 1. The maximum absolute atomic E-state index is 14.0. The quantitative estimate of drug-likeness (QED) is 0.191. The molecule has 2 aromatic carbocycles. The van der Waals surface area contributed by atoms with Crippen LogP contribution in [0.5, 0.6) is 0 Å². The third-order valence-corrected chi connectivity index (χ3v) is 9.54. The van der Waals surface area contributed by atoms with E-state index in [0.717, 1.165) is 11.1 Å². The molecular formula is C27H23N7O4S3. The lowest BCUT2D eigenvalue weighted by Crippen LogP contribution is -2.70. The summed E-state index contributed by atoms with van der Waals surface area (Å²) in [4.78, 5) is 50.4. The number of nitrogen functional groups attached to an aromatic ring is 1. The van der Waals surface area contributed by atoms with E-state index in [2.05, 4.69) is 25.5 Å². The number of amides is 2. The fourth-order valence-electron chi connectivity index (χ4n) is 4.56. The van der Waals surface area contributed by atoms with Gasteiger partial charge in [-0.1, -0.05) is 60.7 Å². The molecule has 2 amide bonds. The normalized spacial score (nSPS) is 18.2. The Morgan fingerprint density at radius 2 is 1.85 bits per heavy atom. The van der Waals surface area contributed by atoms with Crippen LogP contribution in [0.25, 0.3) is 0 Å². The average molecular weight is 606 g/mol. The summed E-state index contributed by atoms with van der Waals surface area (Å²) in [5.41, 5.74) is 7.91. The van der Waals surface area contributed by atoms with Gasteiger partial charge >= 0.3 is 5.97 Å². The molecule has 2 atom stereocenters. The van der Waals surface area contributed by atoms with Crippen molar-refractivity contribution in [1.29, 1.82) is 0 Å². The summed E-state index contributed by atoms with van der Waals surface area (Å²) in [6.07, 6.45) is 0.746. The summed E-state index contributed by atoms with van der Waals surface area (Å²) in [5.74, 6) is -1.00. The number of ether oxygens (including phenoxy) is 1. The largest absolute Gasteiger partial charge is 0.448 e. The van der Waals surface area contributed by atoms with E-state index in [1.54, 1.807) is 5.38 Å². The average Bonchev–Trinajstić information content (AvgIpc) is 3.66. The predicted octanol–water partition coefficient (Wildman–Crippen LogP) is 3.12. The highest BCUT2D eigenvalue weighted by molar-refractivity contribution is 8.06. The first-order valence-corrected chi connectivity index (χ1v) is 15.2. The predicted molar refractivity (Wildman–Crippen MR) is 155 cm³/mol. The molecule has 4 aromatic rings. The Balaban J connectivity index is 1.27. The van der Waals surface area contributed by atoms with Crippen LogP contribution in [-0.2, 0) is 25.5 Å². The van der Waals surface area contributed by atoms with Crippen LogP contribution in [-0.4, -0.2) is 60.0 Å². The molecule has 2 aliphatic rings. The van der Waals surface area contributed by atoms with Crippen molar-refractivity contribution < 1.29 is 19.1 Å². The Morgan fingerprint density at radius 1 is 1.15 bits per heavy atom. The topological polar surface area (TPSA) is 156 Å². The van der Waals surface area contributed by atoms with E-state index >= 15 is 0 Å². The number of benzene rings is 2. The Labute approximate surface area is 247 Å². The number of carbonyl (C=O) groups is 3. The van der Waals surface area contributed by atoms with Crippen LogP contribution in [0.3, 0.4) is 0 Å². The smallest absolute Gasteiger partial charge is 0.356 e. The van der Waals surface area contributed by atoms with Crippen molar-refractivity contribution in [2.24, 2.45) is 0 Å². The number of nitrogens with zero attached hydrogens (tertiary/aromatic N) is 4. The van der Waals surface area contributed by atoms with Crippen molar-refractivity contribution in [2.75, 3.05) is 11.5 Å². The van der Waals surface area contributed by atoms with Crippen molar-refractivity contribution in [3.05, 3.63) is 99.8 Å². The van der Waals surface area contributed by atoms with Gasteiger partial charge in [-0.2, -0.15) is 0 Å². The number of fused-ring (bicyclic) bond motifs is 1. The van der Waals surface area contributed by atoms with Gasteiger partial charge in [0.25, 0.3) is 5.91 Å². The SMILES string of the molecule is Nc1nc(CC(=O)N[C@@H]2C(=O)N3C(C(=O)OC(c4ccccc4)c4ccccc4)=C(Sc4nc[nH]n4)CS[C@@H]23)cs1. The third kappa shape index (κ3) is 5.71. The number of hydrogen-bond acceptors (Lipinski definition) is 11. The summed E-state index contributed by atoms with van der Waals surface area (Å²) in [5, 5.41) is 11.6. The molecule has 4 N–H and O–H groups in total. The fourth-order valence-corrected chi connectivity index (χ4v) is 7.45. The summed E-state index contributed by atoms with van der Waals surface area (Å²) in [6.45, 7) is 0. The number of anilines is 1. The summed E-state index contributed by atoms with van der Waals surface area (Å²) in [7, 11) is 0. The zero-order valence-electron chi connectivity index (χ0n) is 21.3. The number of rotatable bonds is 9. The number of nitrogens with one attached hydrogen (secondary N) is 2. The molecule has 41 heavy (non-hydrogen) atoms. The van der Waals surface area contributed by atoms with Gasteiger partial charge in [0.2, 0.25) is 11.1 Å². The van der Waals surface area contributed by atoms with E-state index in [1.807, 2.05) is 60.7 Å². The van der Waals surface area contributed by atoms with E-state index in [0.29, 0.717) is 26.6 Å². The van der Waals surface area contributed by atoms with Crippen LogP contribution in [0, 0.1) is 0 Å². The number of aromatic nitrogens is 4. The number of thiazole rings is 1. The Hall–Kier alpha value is -4.14. The minimum absolute atomic E-state index is 0.00136. The Kier molecular flexibility index (Phi) is 7.76. The molecule has 6 rings (SSSR count). The van der Waals surface area contributed by atoms with Crippen LogP contribution in [0.1, 0.15) is 22.9 Å². The van der Waals surface area contributed by atoms with Gasteiger partial charge in [0, 0.05) is 16.0 Å². The van der Waals surface area contributed by atoms with Crippen LogP contribution in [0.4, 0.5) is 5.13 Å². The van der Waals surface area contributed by atoms with Gasteiger partial charge in [-0.25, -0.2) is 14.8 Å². The molecular weight excluding hydrogens is 583 g/mol. The van der Waals surface area contributed by atoms with Gasteiger partial charge in [0.05, 0.1) is 12.1 Å². The second-order valence-electron chi connectivity index (χ2n) is 9.07. The Morgan fingerprint density at radius 3 is 2.46 bits per heavy atom. The zero-order chi connectivity index (χ0) is 28.3. The summed E-state index contributed by atoms with van der Waals surface area (Å²) >= 11 is 3.88. The van der Waals surface area contributed by atoms with Gasteiger partial charge in [-0.15, -0.1) is 28.2 Å². The van der Waals surface area contributed by atoms with Gasteiger partial charge in [-0.05, 0) is 22.9 Å². The molecule has 0 saturated carbocycles. The second-order valence-corrected chi connectivity index (χ2v) is 12.1. The highest BCUT2D eigenvalue weighted by Crippen LogP contribution is 2.45. The number of hydrogen-bond donors (Lipinski definition) is 3. The van der Waals surface area contributed by atoms with E-state index in [9.17, 15) is 14.4 Å². The lowest BCUT2D eigenvalue weighted by atomic mass is 10.0. The van der Waals surface area contributed by atoms with Crippen LogP contribution in [0.2, 0.25) is 0 Å². The van der Waals surface area contributed by atoms with Crippen molar-refractivity contribution in [3.63, 3.8) is 0 Å². The maximum atomic E-state index is 14.0. The van der Waals surface area contributed by atoms with E-state index in [-0.39, 0.29) is 18.0 Å². The van der Waals surface area contributed by atoms with Gasteiger partial charge in [0.1, 0.15) is 23.4 Å². The van der Waals surface area contributed by atoms with Crippen molar-refractivity contribution in [2.45, 2.75) is 29.1 Å². The lowest BCUT2D eigenvalue weighted by Gasteiger charge is -2.49. The number of carbonyl (C=O) groups excluding carboxylic acids is 3. The van der Waals surface area contributed by atoms with Gasteiger partial charge < -0.3 is 15.8 Å². The molecule has 4 heterocycles. The first-order chi connectivity index (χ1) is 20.0. The lowest BCUT2D eigenvalue weighted by molar-refractivity contribution is -0.154. The second kappa shape index (κ2) is 11.8. The first-order valence-electron chi connectivity index (χ1n) is 12.5. The number of nitrogens with two attached hydrogens (primary N) is 1. The summed E-state index contributed by atoms with van der Waals surface area (Å²) in [6, 6.07) is 18.0. The Bertz CT molecular complexity index is 1560.